The molecule has 0 aliphatic carbocycles. The molecule has 0 bridgehead atoms. The second-order valence-corrected chi connectivity index (χ2v) is 2.74. The van der Waals surface area contributed by atoms with Gasteiger partial charge in [-0.2, -0.15) is 0 Å². The lowest BCUT2D eigenvalue weighted by Gasteiger charge is -2.21. The van der Waals surface area contributed by atoms with Crippen LogP contribution in [0.4, 0.5) is 0 Å². The van der Waals surface area contributed by atoms with Crippen LogP contribution >= 0.6 is 0 Å². The summed E-state index contributed by atoms with van der Waals surface area (Å²) < 4.78 is 5.51. The van der Waals surface area contributed by atoms with Crippen molar-refractivity contribution in [2.45, 2.75) is 6.10 Å². The Morgan fingerprint density at radius 2 is 2.42 bits per heavy atom. The molecule has 0 amide bonds. The van der Waals surface area contributed by atoms with Crippen molar-refractivity contribution in [3.05, 3.63) is 30.1 Å². The van der Waals surface area contributed by atoms with E-state index < -0.39 is 0 Å². The number of pyridine rings is 1. The van der Waals surface area contributed by atoms with Gasteiger partial charge in [0.2, 0.25) is 0 Å². The minimum absolute atomic E-state index is 0.0833. The molecule has 2 heterocycles. The maximum atomic E-state index is 5.51. The maximum Gasteiger partial charge on any atom is 0.114 e. The van der Waals surface area contributed by atoms with Gasteiger partial charge in [0, 0.05) is 19.3 Å². The Bertz CT molecular complexity index is 232. The Morgan fingerprint density at radius 3 is 3.08 bits per heavy atom. The van der Waals surface area contributed by atoms with Crippen molar-refractivity contribution < 1.29 is 4.74 Å². The summed E-state index contributed by atoms with van der Waals surface area (Å²) in [6.07, 6.45) is 1.87. The fraction of sp³-hybridized carbons (Fsp3) is 0.444. The first kappa shape index (κ1) is 7.71. The van der Waals surface area contributed by atoms with Crippen LogP contribution in [0.25, 0.3) is 0 Å². The molecule has 1 saturated heterocycles. The monoisotopic (exact) mass is 163 g/mol. The largest absolute Gasteiger partial charge is 0.369 e. The fourth-order valence-electron chi connectivity index (χ4n) is 1.27. The van der Waals surface area contributed by atoms with Crippen LogP contribution in [-0.2, 0) is 4.74 Å². The molecule has 2 rings (SSSR count). The Morgan fingerprint density at radius 1 is 1.42 bits per heavy atom. The average Bonchev–Trinajstić information content (AvgIpc) is 2.21. The van der Waals surface area contributed by atoms with Crippen molar-refractivity contribution in [1.82, 2.24) is 10.3 Å². The summed E-state index contributed by atoms with van der Waals surface area (Å²) in [5, 5.41) is 4.27. The van der Waals surface area contributed by atoms with Crippen LogP contribution in [0.1, 0.15) is 11.8 Å². The number of hydrogen-bond donors (Lipinski definition) is 0. The summed E-state index contributed by atoms with van der Waals surface area (Å²) in [6.45, 7) is 2.29. The van der Waals surface area contributed by atoms with Gasteiger partial charge in [0.15, 0.2) is 0 Å². The van der Waals surface area contributed by atoms with Crippen molar-refractivity contribution in [2.75, 3.05) is 19.7 Å². The van der Waals surface area contributed by atoms with Crippen LogP contribution in [0.15, 0.2) is 24.4 Å². The first-order chi connectivity index (χ1) is 5.97. The van der Waals surface area contributed by atoms with Crippen molar-refractivity contribution >= 4 is 0 Å². The van der Waals surface area contributed by atoms with Crippen molar-refractivity contribution in [1.29, 1.82) is 0 Å². The Labute approximate surface area is 71.8 Å². The highest BCUT2D eigenvalue weighted by molar-refractivity contribution is 5.07. The first-order valence-corrected chi connectivity index (χ1v) is 4.12. The van der Waals surface area contributed by atoms with Crippen molar-refractivity contribution in [3.63, 3.8) is 0 Å². The summed E-state index contributed by atoms with van der Waals surface area (Å²) in [7, 11) is 0. The number of rotatable bonds is 1. The van der Waals surface area contributed by atoms with Crippen molar-refractivity contribution in [2.24, 2.45) is 0 Å². The highest BCUT2D eigenvalue weighted by Gasteiger charge is 2.16. The zero-order chi connectivity index (χ0) is 8.23. The van der Waals surface area contributed by atoms with E-state index in [4.69, 9.17) is 4.74 Å². The lowest BCUT2D eigenvalue weighted by atomic mass is 10.2. The van der Waals surface area contributed by atoms with Crippen LogP contribution < -0.4 is 5.32 Å². The second kappa shape index (κ2) is 3.65. The minimum atomic E-state index is 0.0833. The molecule has 1 unspecified atom stereocenters. The molecule has 1 aromatic heterocycles. The second-order valence-electron chi connectivity index (χ2n) is 2.74. The molecule has 3 heteroatoms. The zero-order valence-electron chi connectivity index (χ0n) is 6.81. The van der Waals surface area contributed by atoms with E-state index in [1.165, 1.54) is 0 Å². The van der Waals surface area contributed by atoms with E-state index in [1.54, 1.807) is 6.20 Å². The van der Waals surface area contributed by atoms with E-state index in [9.17, 15) is 0 Å². The normalized spacial score (nSPS) is 23.8. The summed E-state index contributed by atoms with van der Waals surface area (Å²) in [5.74, 6) is 0. The maximum absolute atomic E-state index is 5.51. The number of nitrogens with zero attached hydrogens (tertiary/aromatic N) is 2. The molecule has 1 atom stereocenters. The third kappa shape index (κ3) is 1.62. The third-order valence-electron chi connectivity index (χ3n) is 1.88. The smallest absolute Gasteiger partial charge is 0.114 e. The van der Waals surface area contributed by atoms with E-state index in [2.05, 4.69) is 10.3 Å². The zero-order valence-corrected chi connectivity index (χ0v) is 6.81. The molecular weight excluding hydrogens is 152 g/mol. The SMILES string of the molecule is c1ccc(C2C[N]CCO2)nc1. The van der Waals surface area contributed by atoms with Gasteiger partial charge in [0.1, 0.15) is 6.10 Å². The topological polar surface area (TPSA) is 36.2 Å². The summed E-state index contributed by atoms with van der Waals surface area (Å²) in [6, 6.07) is 5.86. The molecule has 1 radical (unpaired) electrons. The minimum Gasteiger partial charge on any atom is -0.369 e. The lowest BCUT2D eigenvalue weighted by molar-refractivity contribution is 0.0234. The molecular formula is C9H11N2O. The molecule has 1 aliphatic rings. The highest BCUT2D eigenvalue weighted by atomic mass is 16.5. The quantitative estimate of drug-likeness (QED) is 0.612. The lowest BCUT2D eigenvalue weighted by Crippen LogP contribution is -2.28. The molecule has 1 aromatic rings. The molecule has 63 valence electrons. The Hall–Kier alpha value is -0.930. The van der Waals surface area contributed by atoms with Crippen molar-refractivity contribution in [3.8, 4) is 0 Å². The molecule has 0 spiro atoms. The van der Waals surface area contributed by atoms with Crippen LogP contribution in [-0.4, -0.2) is 24.7 Å². The van der Waals surface area contributed by atoms with Gasteiger partial charge in [-0.3, -0.25) is 4.98 Å². The molecule has 1 aliphatic heterocycles. The molecule has 0 N–H and O–H groups in total. The summed E-state index contributed by atoms with van der Waals surface area (Å²) >= 11 is 0. The van der Waals surface area contributed by atoms with Gasteiger partial charge < -0.3 is 4.74 Å². The average molecular weight is 163 g/mol. The van der Waals surface area contributed by atoms with Crippen LogP contribution in [0.2, 0.25) is 0 Å². The molecule has 3 nitrogen and oxygen atoms in total. The number of hydrogen-bond acceptors (Lipinski definition) is 2. The Balaban J connectivity index is 2.08. The number of ether oxygens (including phenoxy) is 1. The Kier molecular flexibility index (Phi) is 2.34. The van der Waals surface area contributed by atoms with Gasteiger partial charge >= 0.3 is 0 Å². The molecule has 0 saturated carbocycles. The number of aromatic nitrogens is 1. The van der Waals surface area contributed by atoms with E-state index in [0.29, 0.717) is 0 Å². The van der Waals surface area contributed by atoms with Gasteiger partial charge in [0.25, 0.3) is 0 Å². The van der Waals surface area contributed by atoms with E-state index in [1.807, 2.05) is 18.2 Å². The third-order valence-corrected chi connectivity index (χ3v) is 1.88. The fourth-order valence-corrected chi connectivity index (χ4v) is 1.27. The van der Waals surface area contributed by atoms with Crippen LogP contribution in [0, 0.1) is 0 Å². The molecule has 0 aromatic carbocycles. The number of morpholine rings is 1. The summed E-state index contributed by atoms with van der Waals surface area (Å²) in [4.78, 5) is 4.22. The summed E-state index contributed by atoms with van der Waals surface area (Å²) in [5.41, 5.74) is 0.987. The van der Waals surface area contributed by atoms with Gasteiger partial charge in [0.05, 0.1) is 12.3 Å². The van der Waals surface area contributed by atoms with E-state index >= 15 is 0 Å². The van der Waals surface area contributed by atoms with Crippen LogP contribution in [0.3, 0.4) is 0 Å². The predicted molar refractivity (Wildman–Crippen MR) is 44.8 cm³/mol. The van der Waals surface area contributed by atoms with E-state index in [0.717, 1.165) is 25.4 Å². The predicted octanol–water partition coefficient (Wildman–Crippen LogP) is 0.757. The van der Waals surface area contributed by atoms with E-state index in [-0.39, 0.29) is 6.10 Å². The van der Waals surface area contributed by atoms with Gasteiger partial charge in [-0.15, -0.1) is 0 Å². The van der Waals surface area contributed by atoms with Gasteiger partial charge in [-0.25, -0.2) is 5.32 Å². The standard InChI is InChI=1S/C9H11N2O/c1-2-4-11-8(3-1)9-7-10-5-6-12-9/h1-4,9H,5-7H2. The molecule has 12 heavy (non-hydrogen) atoms. The first-order valence-electron chi connectivity index (χ1n) is 4.12. The van der Waals surface area contributed by atoms with Gasteiger partial charge in [-0.1, -0.05) is 6.07 Å². The highest BCUT2D eigenvalue weighted by Crippen LogP contribution is 2.15. The van der Waals surface area contributed by atoms with Gasteiger partial charge in [-0.05, 0) is 12.1 Å². The van der Waals surface area contributed by atoms with Crippen LogP contribution in [0.5, 0.6) is 0 Å². The molecule has 1 fully saturated rings.